The van der Waals surface area contributed by atoms with Gasteiger partial charge in [0.05, 0.1) is 16.6 Å². The molecule has 3 N–H and O–H groups in total. The van der Waals surface area contributed by atoms with Crippen molar-refractivity contribution in [1.29, 1.82) is 0 Å². The van der Waals surface area contributed by atoms with Gasteiger partial charge in [-0.3, -0.25) is 4.79 Å². The Hall–Kier alpha value is -1.23. The zero-order valence-corrected chi connectivity index (χ0v) is 12.5. The van der Waals surface area contributed by atoms with Crippen LogP contribution < -0.4 is 11.1 Å². The van der Waals surface area contributed by atoms with Crippen molar-refractivity contribution in [1.82, 2.24) is 0 Å². The predicted octanol–water partition coefficient (Wildman–Crippen LogP) is 3.66. The van der Waals surface area contributed by atoms with E-state index >= 15 is 0 Å². The van der Waals surface area contributed by atoms with Crippen molar-refractivity contribution in [3.8, 4) is 0 Å². The molecular formula is C15H21FN2OS. The Kier molecular flexibility index (Phi) is 5.29. The maximum atomic E-state index is 12.9. The topological polar surface area (TPSA) is 55.1 Å². The third kappa shape index (κ3) is 4.13. The van der Waals surface area contributed by atoms with Gasteiger partial charge in [0.1, 0.15) is 5.82 Å². The Morgan fingerprint density at radius 1 is 1.50 bits per heavy atom. The zero-order chi connectivity index (χ0) is 14.5. The molecule has 0 saturated heterocycles. The van der Waals surface area contributed by atoms with Crippen molar-refractivity contribution in [2.24, 2.45) is 5.92 Å². The minimum absolute atomic E-state index is 0.0775. The zero-order valence-electron chi connectivity index (χ0n) is 11.7. The van der Waals surface area contributed by atoms with E-state index in [-0.39, 0.29) is 16.8 Å². The van der Waals surface area contributed by atoms with E-state index in [1.807, 2.05) is 6.92 Å². The smallest absolute Gasteiger partial charge is 0.237 e. The molecule has 0 aliphatic heterocycles. The first-order valence-electron chi connectivity index (χ1n) is 7.03. The molecule has 1 aromatic rings. The van der Waals surface area contributed by atoms with E-state index < -0.39 is 5.82 Å². The highest BCUT2D eigenvalue weighted by molar-refractivity contribution is 8.00. The quantitative estimate of drug-likeness (QED) is 0.815. The molecule has 1 unspecified atom stereocenters. The lowest BCUT2D eigenvalue weighted by Gasteiger charge is -2.15. The Bertz CT molecular complexity index is 475. The summed E-state index contributed by atoms with van der Waals surface area (Å²) in [6.07, 6.45) is 5.20. The molecule has 0 aromatic heterocycles. The number of hydrogen-bond acceptors (Lipinski definition) is 3. The molecule has 0 radical (unpaired) electrons. The third-order valence-corrected chi connectivity index (χ3v) is 5.08. The maximum absolute atomic E-state index is 12.9. The summed E-state index contributed by atoms with van der Waals surface area (Å²) in [5.41, 5.74) is 6.41. The van der Waals surface area contributed by atoms with Crippen LogP contribution in [0.25, 0.3) is 0 Å². The van der Waals surface area contributed by atoms with Crippen LogP contribution in [0.3, 0.4) is 0 Å². The van der Waals surface area contributed by atoms with Crippen LogP contribution in [0.5, 0.6) is 0 Å². The lowest BCUT2D eigenvalue weighted by atomic mass is 10.1. The second-order valence-electron chi connectivity index (χ2n) is 5.35. The van der Waals surface area contributed by atoms with E-state index in [2.05, 4.69) is 5.32 Å². The number of thioether (sulfide) groups is 1. The molecule has 0 heterocycles. The summed E-state index contributed by atoms with van der Waals surface area (Å²) in [4.78, 5) is 12.1. The van der Waals surface area contributed by atoms with Crippen LogP contribution >= 0.6 is 11.8 Å². The van der Waals surface area contributed by atoms with Gasteiger partial charge in [-0.25, -0.2) is 4.39 Å². The predicted molar refractivity (Wildman–Crippen MR) is 83.3 cm³/mol. The van der Waals surface area contributed by atoms with Gasteiger partial charge >= 0.3 is 0 Å². The molecule has 110 valence electrons. The van der Waals surface area contributed by atoms with Gasteiger partial charge in [-0.2, -0.15) is 0 Å². The summed E-state index contributed by atoms with van der Waals surface area (Å²) in [6.45, 7) is 1.90. The number of amides is 1. The molecule has 1 amide bonds. The summed E-state index contributed by atoms with van der Waals surface area (Å²) in [5, 5.41) is 2.64. The van der Waals surface area contributed by atoms with E-state index in [9.17, 15) is 9.18 Å². The first kappa shape index (κ1) is 15.2. The number of hydrogen-bond donors (Lipinski definition) is 2. The minimum atomic E-state index is -0.399. The Labute approximate surface area is 123 Å². The average Bonchev–Trinajstić information content (AvgIpc) is 2.92. The van der Waals surface area contributed by atoms with Gasteiger partial charge in [0.2, 0.25) is 5.91 Å². The number of nitrogen functional groups attached to an aromatic ring is 1. The highest BCUT2D eigenvalue weighted by Crippen LogP contribution is 2.29. The molecule has 3 nitrogen and oxygen atoms in total. The molecule has 1 aliphatic carbocycles. The van der Waals surface area contributed by atoms with Gasteiger partial charge in [0.15, 0.2) is 0 Å². The summed E-state index contributed by atoms with van der Waals surface area (Å²) in [6, 6.07) is 4.01. The van der Waals surface area contributed by atoms with E-state index in [1.54, 1.807) is 11.8 Å². The lowest BCUT2D eigenvalue weighted by Crippen LogP contribution is -2.24. The summed E-state index contributed by atoms with van der Waals surface area (Å²) in [7, 11) is 0. The van der Waals surface area contributed by atoms with Crippen molar-refractivity contribution in [3.05, 3.63) is 24.0 Å². The van der Waals surface area contributed by atoms with Crippen molar-refractivity contribution < 1.29 is 9.18 Å². The fourth-order valence-electron chi connectivity index (χ4n) is 2.41. The minimum Gasteiger partial charge on any atom is -0.397 e. The summed E-state index contributed by atoms with van der Waals surface area (Å²) >= 11 is 1.68. The number of carbonyl (C=O) groups is 1. The van der Waals surface area contributed by atoms with E-state index in [0.717, 1.165) is 11.7 Å². The molecule has 1 aliphatic rings. The van der Waals surface area contributed by atoms with Crippen LogP contribution in [0.2, 0.25) is 0 Å². The molecule has 0 spiro atoms. The van der Waals surface area contributed by atoms with Gasteiger partial charge in [-0.05, 0) is 49.6 Å². The highest BCUT2D eigenvalue weighted by Gasteiger charge is 2.19. The summed E-state index contributed by atoms with van der Waals surface area (Å²) < 4.78 is 12.9. The molecule has 1 aromatic carbocycles. The van der Waals surface area contributed by atoms with Crippen molar-refractivity contribution in [3.63, 3.8) is 0 Å². The van der Waals surface area contributed by atoms with Crippen LogP contribution in [-0.4, -0.2) is 16.9 Å². The highest BCUT2D eigenvalue weighted by atomic mass is 32.2. The van der Waals surface area contributed by atoms with Crippen LogP contribution in [0.1, 0.15) is 32.6 Å². The lowest BCUT2D eigenvalue weighted by molar-refractivity contribution is -0.115. The molecule has 5 heteroatoms. The average molecular weight is 296 g/mol. The number of nitrogens with two attached hydrogens (primary N) is 1. The van der Waals surface area contributed by atoms with E-state index in [1.165, 1.54) is 43.9 Å². The standard InChI is InChI=1S/C15H21FN2OS/c1-10(20-9-11-4-2-3-5-11)15(19)18-14-7-6-12(16)8-13(14)17/h6-8,10-11H,2-5,9,17H2,1H3,(H,18,19). The molecule has 0 bridgehead atoms. The first-order valence-corrected chi connectivity index (χ1v) is 8.08. The van der Waals surface area contributed by atoms with Crippen molar-refractivity contribution in [2.75, 3.05) is 16.8 Å². The monoisotopic (exact) mass is 296 g/mol. The van der Waals surface area contributed by atoms with Crippen LogP contribution in [-0.2, 0) is 4.79 Å². The largest absolute Gasteiger partial charge is 0.397 e. The van der Waals surface area contributed by atoms with Crippen LogP contribution in [0, 0.1) is 11.7 Å². The molecular weight excluding hydrogens is 275 g/mol. The second-order valence-corrected chi connectivity index (χ2v) is 6.72. The second kappa shape index (κ2) is 6.97. The Morgan fingerprint density at radius 2 is 2.20 bits per heavy atom. The Morgan fingerprint density at radius 3 is 2.85 bits per heavy atom. The van der Waals surface area contributed by atoms with Crippen molar-refractivity contribution in [2.45, 2.75) is 37.9 Å². The van der Waals surface area contributed by atoms with Crippen molar-refractivity contribution >= 4 is 29.0 Å². The fourth-order valence-corrected chi connectivity index (χ4v) is 3.52. The number of nitrogens with one attached hydrogen (secondary N) is 1. The summed E-state index contributed by atoms with van der Waals surface area (Å²) in [5.74, 6) is 1.31. The van der Waals surface area contributed by atoms with Gasteiger partial charge in [-0.1, -0.05) is 12.8 Å². The van der Waals surface area contributed by atoms with Gasteiger partial charge < -0.3 is 11.1 Å². The molecule has 1 atom stereocenters. The van der Waals surface area contributed by atoms with Gasteiger partial charge in [0, 0.05) is 0 Å². The van der Waals surface area contributed by atoms with Crippen LogP contribution in [0.4, 0.5) is 15.8 Å². The number of anilines is 2. The molecule has 2 rings (SSSR count). The van der Waals surface area contributed by atoms with Crippen LogP contribution in [0.15, 0.2) is 18.2 Å². The number of rotatable bonds is 5. The first-order chi connectivity index (χ1) is 9.56. The maximum Gasteiger partial charge on any atom is 0.237 e. The molecule has 20 heavy (non-hydrogen) atoms. The molecule has 1 saturated carbocycles. The third-order valence-electron chi connectivity index (χ3n) is 3.70. The normalized spacial score (nSPS) is 17.1. The number of benzene rings is 1. The number of halogens is 1. The number of carbonyl (C=O) groups excluding carboxylic acids is 1. The van der Waals surface area contributed by atoms with E-state index in [4.69, 9.17) is 5.73 Å². The Balaban J connectivity index is 1.83. The fraction of sp³-hybridized carbons (Fsp3) is 0.533. The molecule has 1 fully saturated rings. The van der Waals surface area contributed by atoms with Gasteiger partial charge in [0.25, 0.3) is 0 Å². The van der Waals surface area contributed by atoms with Gasteiger partial charge in [-0.15, -0.1) is 11.8 Å². The SMILES string of the molecule is CC(SCC1CCCC1)C(=O)Nc1ccc(F)cc1N. The van der Waals surface area contributed by atoms with E-state index in [0.29, 0.717) is 5.69 Å².